The maximum absolute atomic E-state index is 5.35. The number of rotatable bonds is 3. The van der Waals surface area contributed by atoms with Gasteiger partial charge < -0.3 is 15.4 Å². The highest BCUT2D eigenvalue weighted by atomic mass is 32.1. The van der Waals surface area contributed by atoms with Crippen LogP contribution in [0.3, 0.4) is 0 Å². The number of aryl methyl sites for hydroxylation is 1. The van der Waals surface area contributed by atoms with Crippen molar-refractivity contribution in [2.24, 2.45) is 0 Å². The summed E-state index contributed by atoms with van der Waals surface area (Å²) >= 11 is 7.02. The molecular weight excluding hydrogens is 314 g/mol. The molecule has 3 rings (SSSR count). The Morgan fingerprint density at radius 3 is 2.68 bits per heavy atom. The number of hydrogen-bond acceptors (Lipinski definition) is 4. The molecule has 2 aromatic carbocycles. The average molecular weight is 329 g/mol. The maximum atomic E-state index is 5.35. The predicted octanol–water partition coefficient (Wildman–Crippen LogP) is 4.42. The zero-order valence-electron chi connectivity index (χ0n) is 12.2. The van der Waals surface area contributed by atoms with Crippen molar-refractivity contribution in [3.8, 4) is 5.75 Å². The van der Waals surface area contributed by atoms with Crippen LogP contribution < -0.4 is 15.4 Å². The summed E-state index contributed by atoms with van der Waals surface area (Å²) in [6, 6.07) is 13.7. The average Bonchev–Trinajstić information content (AvgIpc) is 2.86. The number of anilines is 2. The fraction of sp³-hybridized carbons (Fsp3) is 0.125. The number of fused-ring (bicyclic) bond motifs is 1. The van der Waals surface area contributed by atoms with Crippen LogP contribution in [-0.4, -0.2) is 17.2 Å². The van der Waals surface area contributed by atoms with Crippen molar-refractivity contribution in [3.63, 3.8) is 0 Å². The van der Waals surface area contributed by atoms with Gasteiger partial charge in [0.15, 0.2) is 5.11 Å². The van der Waals surface area contributed by atoms with Gasteiger partial charge in [-0.25, -0.2) is 4.98 Å². The van der Waals surface area contributed by atoms with E-state index in [0.29, 0.717) is 5.11 Å². The number of benzene rings is 2. The van der Waals surface area contributed by atoms with Gasteiger partial charge in [-0.3, -0.25) is 0 Å². The number of aromatic nitrogens is 1. The van der Waals surface area contributed by atoms with Gasteiger partial charge in [0.05, 0.1) is 22.3 Å². The normalized spacial score (nSPS) is 10.5. The molecule has 3 aromatic rings. The number of methoxy groups -OCH3 is 1. The zero-order valence-corrected chi connectivity index (χ0v) is 13.8. The second-order valence-corrected chi connectivity index (χ2v) is 6.37. The van der Waals surface area contributed by atoms with E-state index in [0.717, 1.165) is 32.3 Å². The lowest BCUT2D eigenvalue weighted by atomic mass is 10.3. The van der Waals surface area contributed by atoms with Crippen molar-refractivity contribution in [1.29, 1.82) is 0 Å². The molecule has 112 valence electrons. The summed E-state index contributed by atoms with van der Waals surface area (Å²) in [5.74, 6) is 0.786. The Kier molecular flexibility index (Phi) is 4.22. The van der Waals surface area contributed by atoms with Crippen molar-refractivity contribution in [3.05, 3.63) is 47.5 Å². The largest absolute Gasteiger partial charge is 0.497 e. The molecule has 0 aliphatic carbocycles. The van der Waals surface area contributed by atoms with Crippen molar-refractivity contribution in [2.75, 3.05) is 17.7 Å². The number of hydrogen-bond donors (Lipinski definition) is 2. The van der Waals surface area contributed by atoms with Gasteiger partial charge in [0, 0.05) is 17.4 Å². The molecule has 2 N–H and O–H groups in total. The number of thiocarbonyl (C=S) groups is 1. The molecule has 1 heterocycles. The fourth-order valence-corrected chi connectivity index (χ4v) is 3.21. The van der Waals surface area contributed by atoms with E-state index in [1.807, 2.05) is 43.3 Å². The van der Waals surface area contributed by atoms with Crippen LogP contribution in [0.5, 0.6) is 5.75 Å². The Labute approximate surface area is 138 Å². The molecule has 0 aliphatic heterocycles. The summed E-state index contributed by atoms with van der Waals surface area (Å²) in [5.41, 5.74) is 2.84. The molecular formula is C16H15N3OS2. The van der Waals surface area contributed by atoms with Gasteiger partial charge in [0.2, 0.25) is 0 Å². The van der Waals surface area contributed by atoms with Crippen LogP contribution in [0.4, 0.5) is 11.4 Å². The van der Waals surface area contributed by atoms with E-state index in [-0.39, 0.29) is 0 Å². The maximum Gasteiger partial charge on any atom is 0.175 e. The molecule has 0 fully saturated rings. The van der Waals surface area contributed by atoms with Crippen molar-refractivity contribution < 1.29 is 4.74 Å². The minimum Gasteiger partial charge on any atom is -0.497 e. The SMILES string of the molecule is COc1cccc(NC(=S)Nc2ccc3nc(C)sc3c2)c1. The first-order valence-electron chi connectivity index (χ1n) is 6.73. The molecule has 22 heavy (non-hydrogen) atoms. The van der Waals surface area contributed by atoms with Crippen LogP contribution in [0.1, 0.15) is 5.01 Å². The number of nitrogens with one attached hydrogen (secondary N) is 2. The minimum atomic E-state index is 0.536. The third kappa shape index (κ3) is 3.35. The van der Waals surface area contributed by atoms with Gasteiger partial charge in [-0.2, -0.15) is 0 Å². The standard InChI is InChI=1S/C16H15N3OS2/c1-10-17-14-7-6-12(9-15(14)22-10)19-16(21)18-11-4-3-5-13(8-11)20-2/h3-9H,1-2H3,(H2,18,19,21). The summed E-state index contributed by atoms with van der Waals surface area (Å²) in [6.45, 7) is 2.01. The molecule has 0 aliphatic rings. The lowest BCUT2D eigenvalue weighted by Crippen LogP contribution is -2.18. The second-order valence-electron chi connectivity index (χ2n) is 4.73. The second kappa shape index (κ2) is 6.29. The summed E-state index contributed by atoms with van der Waals surface area (Å²) in [4.78, 5) is 4.45. The quantitative estimate of drug-likeness (QED) is 0.696. The third-order valence-electron chi connectivity index (χ3n) is 3.08. The molecule has 0 bridgehead atoms. The van der Waals surface area contributed by atoms with Crippen LogP contribution in [0.2, 0.25) is 0 Å². The third-order valence-corrected chi connectivity index (χ3v) is 4.22. The minimum absolute atomic E-state index is 0.536. The van der Waals surface area contributed by atoms with E-state index in [4.69, 9.17) is 17.0 Å². The monoisotopic (exact) mass is 329 g/mol. The highest BCUT2D eigenvalue weighted by Gasteiger charge is 2.04. The first-order valence-corrected chi connectivity index (χ1v) is 7.96. The lowest BCUT2D eigenvalue weighted by Gasteiger charge is -2.11. The molecule has 4 nitrogen and oxygen atoms in total. The van der Waals surface area contributed by atoms with E-state index >= 15 is 0 Å². The van der Waals surface area contributed by atoms with E-state index in [2.05, 4.69) is 21.7 Å². The van der Waals surface area contributed by atoms with E-state index < -0.39 is 0 Å². The fourth-order valence-electron chi connectivity index (χ4n) is 2.11. The highest BCUT2D eigenvalue weighted by Crippen LogP contribution is 2.25. The highest BCUT2D eigenvalue weighted by molar-refractivity contribution is 7.80. The van der Waals surface area contributed by atoms with Crippen LogP contribution in [0.15, 0.2) is 42.5 Å². The molecule has 0 unspecified atom stereocenters. The number of thiazole rings is 1. The topological polar surface area (TPSA) is 46.2 Å². The van der Waals surface area contributed by atoms with Crippen LogP contribution in [0, 0.1) is 6.92 Å². The van der Waals surface area contributed by atoms with Crippen molar-refractivity contribution in [1.82, 2.24) is 4.98 Å². The van der Waals surface area contributed by atoms with Crippen molar-refractivity contribution >= 4 is 50.3 Å². The van der Waals surface area contributed by atoms with Gasteiger partial charge in [-0.15, -0.1) is 11.3 Å². The summed E-state index contributed by atoms with van der Waals surface area (Å²) in [5, 5.41) is 7.93. The van der Waals surface area contributed by atoms with Crippen molar-refractivity contribution in [2.45, 2.75) is 6.92 Å². The zero-order chi connectivity index (χ0) is 15.5. The molecule has 1 aromatic heterocycles. The van der Waals surface area contributed by atoms with E-state index in [9.17, 15) is 0 Å². The van der Waals surface area contributed by atoms with Gasteiger partial charge in [-0.05, 0) is 49.5 Å². The Morgan fingerprint density at radius 2 is 1.91 bits per heavy atom. The number of ether oxygens (including phenoxy) is 1. The van der Waals surface area contributed by atoms with E-state index in [1.54, 1.807) is 18.4 Å². The van der Waals surface area contributed by atoms with Crippen LogP contribution >= 0.6 is 23.6 Å². The molecule has 0 radical (unpaired) electrons. The van der Waals surface area contributed by atoms with Gasteiger partial charge in [0.25, 0.3) is 0 Å². The molecule has 0 saturated carbocycles. The Hall–Kier alpha value is -2.18. The van der Waals surface area contributed by atoms with Gasteiger partial charge >= 0.3 is 0 Å². The molecule has 0 amide bonds. The predicted molar refractivity (Wildman–Crippen MR) is 97.2 cm³/mol. The molecule has 0 atom stereocenters. The molecule has 0 spiro atoms. The lowest BCUT2D eigenvalue weighted by molar-refractivity contribution is 0.415. The van der Waals surface area contributed by atoms with Crippen LogP contribution in [-0.2, 0) is 0 Å². The summed E-state index contributed by atoms with van der Waals surface area (Å²) in [7, 11) is 1.64. The number of nitrogens with zero attached hydrogens (tertiary/aromatic N) is 1. The smallest absolute Gasteiger partial charge is 0.175 e. The van der Waals surface area contributed by atoms with Gasteiger partial charge in [-0.1, -0.05) is 6.07 Å². The first-order chi connectivity index (χ1) is 10.6. The Balaban J connectivity index is 1.71. The van der Waals surface area contributed by atoms with E-state index in [1.165, 1.54) is 0 Å². The summed E-state index contributed by atoms with van der Waals surface area (Å²) < 4.78 is 6.34. The molecule has 6 heteroatoms. The Bertz CT molecular complexity index is 829. The van der Waals surface area contributed by atoms with Crippen LogP contribution in [0.25, 0.3) is 10.2 Å². The van der Waals surface area contributed by atoms with Gasteiger partial charge in [0.1, 0.15) is 5.75 Å². The first kappa shape index (κ1) is 14.7. The Morgan fingerprint density at radius 1 is 1.14 bits per heavy atom. The molecule has 0 saturated heterocycles. The summed E-state index contributed by atoms with van der Waals surface area (Å²) in [6.07, 6.45) is 0.